The summed E-state index contributed by atoms with van der Waals surface area (Å²) in [6, 6.07) is 16.7. The van der Waals surface area contributed by atoms with E-state index in [1.807, 2.05) is 24.3 Å². The predicted molar refractivity (Wildman–Crippen MR) is 214 cm³/mol. The number of epoxide rings is 11. The number of carboxylic acids is 1. The van der Waals surface area contributed by atoms with Gasteiger partial charge in [-0.15, -0.1) is 0 Å². The first-order valence-electron chi connectivity index (χ1n) is 20.3. The number of fused-ring (bicyclic) bond motifs is 3. The fourth-order valence-electron chi connectivity index (χ4n) is 3.22. The molecule has 2 N–H and O–H groups in total. The molecule has 14 rings (SSSR count). The second kappa shape index (κ2) is 33.6. The number of aliphatic carboxylic acids is 1. The topological polar surface area (TPSA) is 213 Å². The molecule has 328 valence electrons. The van der Waals surface area contributed by atoms with Crippen LogP contribution in [0.15, 0.2) is 48.5 Å². The summed E-state index contributed by atoms with van der Waals surface area (Å²) in [5.41, 5.74) is 4.94. The van der Waals surface area contributed by atoms with Crippen molar-refractivity contribution in [2.45, 2.75) is 31.8 Å². The standard InChI is InChI=1S/C19H19NO3.C3H6O2.10C2H4O/c21-19(20-10-9-13-11-22-13)23-12-18-16-7-3-1-5-14(16)15-6-2-4-8-17(15)18;1-2-3(4)5;10*1-2-3-1/h1-8,13,18H,9-12H2,(H,20,21);2H2,1H3,(H,4,5);10*1-2H2. The number of carbonyl (C=O) groups is 2. The first-order chi connectivity index (χ1) is 28.6. The highest BCUT2D eigenvalue weighted by atomic mass is 16.6. The summed E-state index contributed by atoms with van der Waals surface area (Å²) < 4.78 is 55.6. The average molecular weight is 824 g/mol. The van der Waals surface area contributed by atoms with Crippen molar-refractivity contribution >= 4 is 12.1 Å². The number of carbonyl (C=O) groups excluding carboxylic acids is 1. The molecule has 1 unspecified atom stereocenters. The van der Waals surface area contributed by atoms with Crippen molar-refractivity contribution in [3.8, 4) is 11.1 Å². The van der Waals surface area contributed by atoms with Crippen molar-refractivity contribution in [3.63, 3.8) is 0 Å². The van der Waals surface area contributed by atoms with Crippen molar-refractivity contribution in [3.05, 3.63) is 59.7 Å². The van der Waals surface area contributed by atoms with Crippen LogP contribution in [-0.2, 0) is 61.6 Å². The maximum Gasteiger partial charge on any atom is 0.407 e. The second-order valence-corrected chi connectivity index (χ2v) is 12.9. The van der Waals surface area contributed by atoms with E-state index in [0.717, 1.165) is 145 Å². The molecule has 0 radical (unpaired) electrons. The second-order valence-electron chi connectivity index (χ2n) is 12.9. The average Bonchev–Trinajstić information content (AvgIpc) is 4.07. The molecule has 1 atom stereocenters. The third-order valence-electron chi connectivity index (χ3n) is 6.83. The molecule has 2 aromatic rings. The molecule has 11 aliphatic heterocycles. The van der Waals surface area contributed by atoms with Gasteiger partial charge in [0.1, 0.15) is 6.61 Å². The molecule has 11 saturated heterocycles. The van der Waals surface area contributed by atoms with Gasteiger partial charge < -0.3 is 67.3 Å². The van der Waals surface area contributed by atoms with Gasteiger partial charge in [-0.1, -0.05) is 55.5 Å². The van der Waals surface area contributed by atoms with Crippen LogP contribution >= 0.6 is 0 Å². The van der Waals surface area contributed by atoms with Crippen LogP contribution in [0.1, 0.15) is 36.8 Å². The Morgan fingerprint density at radius 1 is 0.569 bits per heavy atom. The normalized spacial score (nSPS) is 20.3. The molecule has 12 aliphatic rings. The number of carboxylic acid groups (broad SMARTS) is 1. The molecule has 0 aromatic heterocycles. The molecule has 58 heavy (non-hydrogen) atoms. The van der Waals surface area contributed by atoms with E-state index in [1.165, 1.54) is 22.3 Å². The molecule has 0 bridgehead atoms. The van der Waals surface area contributed by atoms with Crippen LogP contribution in [0.2, 0.25) is 0 Å². The summed E-state index contributed by atoms with van der Waals surface area (Å²) >= 11 is 0. The van der Waals surface area contributed by atoms with Crippen LogP contribution in [0.5, 0.6) is 0 Å². The molecule has 0 spiro atoms. The Bertz CT molecular complexity index is 1140. The zero-order valence-corrected chi connectivity index (χ0v) is 34.1. The van der Waals surface area contributed by atoms with Crippen molar-refractivity contribution in [2.75, 3.05) is 152 Å². The summed E-state index contributed by atoms with van der Waals surface area (Å²) in [6.07, 6.45) is 1.04. The molecular formula is C42H65NO15. The van der Waals surface area contributed by atoms with E-state index < -0.39 is 5.97 Å². The zero-order chi connectivity index (χ0) is 41.1. The monoisotopic (exact) mass is 823 g/mol. The Balaban J connectivity index is 0.000000205. The fourth-order valence-corrected chi connectivity index (χ4v) is 3.22. The van der Waals surface area contributed by atoms with Gasteiger partial charge in [0.25, 0.3) is 0 Å². The van der Waals surface area contributed by atoms with Gasteiger partial charge in [0.05, 0.1) is 145 Å². The smallest absolute Gasteiger partial charge is 0.407 e. The highest BCUT2D eigenvalue weighted by molar-refractivity contribution is 5.79. The Hall–Kier alpha value is -3.26. The van der Waals surface area contributed by atoms with E-state index in [4.69, 9.17) is 14.6 Å². The molecule has 11 fully saturated rings. The Morgan fingerprint density at radius 2 is 0.845 bits per heavy atom. The van der Waals surface area contributed by atoms with Crippen LogP contribution in [0.3, 0.4) is 0 Å². The van der Waals surface area contributed by atoms with Crippen molar-refractivity contribution in [1.29, 1.82) is 0 Å². The summed E-state index contributed by atoms with van der Waals surface area (Å²) in [5, 5.41) is 10.5. The molecule has 2 aromatic carbocycles. The van der Waals surface area contributed by atoms with Crippen LogP contribution < -0.4 is 5.32 Å². The molecule has 16 heteroatoms. The van der Waals surface area contributed by atoms with E-state index >= 15 is 0 Å². The van der Waals surface area contributed by atoms with Gasteiger partial charge in [-0.25, -0.2) is 4.79 Å². The lowest BCUT2D eigenvalue weighted by atomic mass is 9.98. The van der Waals surface area contributed by atoms with Crippen molar-refractivity contribution in [2.24, 2.45) is 0 Å². The van der Waals surface area contributed by atoms with Gasteiger partial charge in [0.15, 0.2) is 0 Å². The molecule has 11 heterocycles. The lowest BCUT2D eigenvalue weighted by Crippen LogP contribution is -2.27. The summed E-state index contributed by atoms with van der Waals surface area (Å²) in [7, 11) is 0. The minimum Gasteiger partial charge on any atom is -0.481 e. The minimum atomic E-state index is -0.745. The SMILES string of the molecule is C1CO1.C1CO1.C1CO1.C1CO1.C1CO1.C1CO1.C1CO1.C1CO1.C1CO1.C1CO1.CCC(=O)O.O=C(NCCC1CO1)OCC1c2ccccc2-c2ccccc21. The van der Waals surface area contributed by atoms with Crippen LogP contribution in [-0.4, -0.2) is 175 Å². The van der Waals surface area contributed by atoms with Crippen molar-refractivity contribution < 1.29 is 71.5 Å². The maximum atomic E-state index is 11.9. The number of nitrogens with one attached hydrogen (secondary N) is 1. The van der Waals surface area contributed by atoms with E-state index in [-0.39, 0.29) is 18.4 Å². The number of hydrogen-bond acceptors (Lipinski definition) is 14. The molecule has 1 amide bonds. The predicted octanol–water partition coefficient (Wildman–Crippen LogP) is 3.96. The summed E-state index contributed by atoms with van der Waals surface area (Å²) in [6.45, 7) is 23.4. The van der Waals surface area contributed by atoms with Crippen LogP contribution in [0.4, 0.5) is 4.79 Å². The molecule has 1 aliphatic carbocycles. The van der Waals surface area contributed by atoms with E-state index in [2.05, 4.69) is 77.0 Å². The molecular weight excluding hydrogens is 758 g/mol. The Kier molecular flexibility index (Phi) is 28.4. The van der Waals surface area contributed by atoms with Crippen molar-refractivity contribution in [1.82, 2.24) is 5.32 Å². The number of ether oxygens (including phenoxy) is 12. The van der Waals surface area contributed by atoms with Gasteiger partial charge in [0, 0.05) is 18.9 Å². The lowest BCUT2D eigenvalue weighted by molar-refractivity contribution is -0.136. The van der Waals surface area contributed by atoms with E-state index in [9.17, 15) is 9.59 Å². The first-order valence-corrected chi connectivity index (χ1v) is 20.3. The highest BCUT2D eigenvalue weighted by Crippen LogP contribution is 2.44. The molecule has 0 saturated carbocycles. The maximum absolute atomic E-state index is 11.9. The van der Waals surface area contributed by atoms with Gasteiger partial charge in [-0.05, 0) is 28.7 Å². The fraction of sp³-hybridized carbons (Fsp3) is 0.667. The zero-order valence-electron chi connectivity index (χ0n) is 34.1. The Labute approximate surface area is 342 Å². The van der Waals surface area contributed by atoms with Gasteiger partial charge >= 0.3 is 12.1 Å². The van der Waals surface area contributed by atoms with E-state index in [1.54, 1.807) is 6.92 Å². The highest BCUT2D eigenvalue weighted by Gasteiger charge is 2.29. The van der Waals surface area contributed by atoms with Gasteiger partial charge in [-0.2, -0.15) is 0 Å². The van der Waals surface area contributed by atoms with Crippen LogP contribution in [0, 0.1) is 0 Å². The number of amides is 1. The third kappa shape index (κ3) is 43.9. The van der Waals surface area contributed by atoms with Gasteiger partial charge in [0.2, 0.25) is 0 Å². The van der Waals surface area contributed by atoms with Gasteiger partial charge in [-0.3, -0.25) is 4.79 Å². The third-order valence-corrected chi connectivity index (χ3v) is 6.83. The molecule has 16 nitrogen and oxygen atoms in total. The lowest BCUT2D eigenvalue weighted by Gasteiger charge is -2.14. The largest absolute Gasteiger partial charge is 0.481 e. The Morgan fingerprint density at radius 3 is 1.09 bits per heavy atom. The summed E-state index contributed by atoms with van der Waals surface area (Å²) in [5.74, 6) is -0.634. The van der Waals surface area contributed by atoms with Crippen LogP contribution in [0.25, 0.3) is 11.1 Å². The number of benzene rings is 2. The minimum absolute atomic E-state index is 0.111. The first kappa shape index (κ1) is 49.1. The number of rotatable bonds is 6. The number of alkyl carbamates (subject to hydrolysis) is 1. The van der Waals surface area contributed by atoms with E-state index in [0.29, 0.717) is 19.3 Å². The number of hydrogen-bond donors (Lipinski definition) is 2. The quantitative estimate of drug-likeness (QED) is 0.395. The summed E-state index contributed by atoms with van der Waals surface area (Å²) in [4.78, 5) is 21.2.